The molecule has 0 spiro atoms. The Kier molecular flexibility index (Phi) is 4.05. The first-order valence-corrected chi connectivity index (χ1v) is 7.21. The van der Waals surface area contributed by atoms with Gasteiger partial charge >= 0.3 is 0 Å². The molecule has 1 aromatic heterocycles. The molecule has 0 radical (unpaired) electrons. The van der Waals surface area contributed by atoms with E-state index in [1.807, 2.05) is 0 Å². The quantitative estimate of drug-likeness (QED) is 0.743. The molecular formula is C11H9BrINS. The molecule has 78 valence electrons. The molecule has 1 aromatic carbocycles. The van der Waals surface area contributed by atoms with Crippen molar-refractivity contribution in [1.29, 1.82) is 0 Å². The summed E-state index contributed by atoms with van der Waals surface area (Å²) in [6.07, 6.45) is 0. The van der Waals surface area contributed by atoms with Gasteiger partial charge in [0.25, 0.3) is 0 Å². The maximum Gasteiger partial charge on any atom is 0.0494 e. The summed E-state index contributed by atoms with van der Waals surface area (Å²) in [6.45, 7) is 0.886. The average molecular weight is 394 g/mol. The van der Waals surface area contributed by atoms with Gasteiger partial charge in [-0.2, -0.15) is 0 Å². The van der Waals surface area contributed by atoms with Crippen molar-refractivity contribution < 1.29 is 0 Å². The Morgan fingerprint density at radius 3 is 2.60 bits per heavy atom. The fourth-order valence-corrected chi connectivity index (χ4v) is 2.95. The van der Waals surface area contributed by atoms with E-state index in [0.717, 1.165) is 11.0 Å². The van der Waals surface area contributed by atoms with Crippen LogP contribution in [0.3, 0.4) is 0 Å². The van der Waals surface area contributed by atoms with Crippen LogP contribution >= 0.6 is 49.9 Å². The van der Waals surface area contributed by atoms with Gasteiger partial charge < -0.3 is 5.32 Å². The summed E-state index contributed by atoms with van der Waals surface area (Å²) < 4.78 is 2.42. The van der Waals surface area contributed by atoms with E-state index < -0.39 is 0 Å². The highest BCUT2D eigenvalue weighted by Crippen LogP contribution is 2.21. The van der Waals surface area contributed by atoms with E-state index in [-0.39, 0.29) is 0 Å². The van der Waals surface area contributed by atoms with Crippen molar-refractivity contribution in [1.82, 2.24) is 0 Å². The van der Waals surface area contributed by atoms with Crippen LogP contribution in [0.2, 0.25) is 0 Å². The molecule has 0 aliphatic carbocycles. The molecule has 2 aromatic rings. The van der Waals surface area contributed by atoms with Crippen molar-refractivity contribution in [2.75, 3.05) is 5.32 Å². The van der Waals surface area contributed by atoms with Crippen LogP contribution in [0.5, 0.6) is 0 Å². The zero-order valence-electron chi connectivity index (χ0n) is 7.84. The van der Waals surface area contributed by atoms with Crippen LogP contribution in [0.1, 0.15) is 4.88 Å². The minimum atomic E-state index is 0.886. The lowest BCUT2D eigenvalue weighted by molar-refractivity contribution is 1.19. The predicted molar refractivity (Wildman–Crippen MR) is 78.5 cm³/mol. The van der Waals surface area contributed by atoms with Gasteiger partial charge in [-0.1, -0.05) is 0 Å². The smallest absolute Gasteiger partial charge is 0.0494 e. The number of halogens is 2. The van der Waals surface area contributed by atoms with Crippen LogP contribution in [0.15, 0.2) is 40.2 Å². The highest BCUT2D eigenvalue weighted by atomic mass is 127. The Balaban J connectivity index is 1.96. The van der Waals surface area contributed by atoms with Crippen LogP contribution in [-0.4, -0.2) is 0 Å². The molecule has 0 aliphatic rings. The van der Waals surface area contributed by atoms with Gasteiger partial charge in [0, 0.05) is 30.5 Å². The third kappa shape index (κ3) is 3.46. The lowest BCUT2D eigenvalue weighted by atomic mass is 10.3. The number of thiophene rings is 1. The van der Waals surface area contributed by atoms with E-state index >= 15 is 0 Å². The average Bonchev–Trinajstić information content (AvgIpc) is 2.64. The van der Waals surface area contributed by atoms with Gasteiger partial charge in [0.2, 0.25) is 0 Å². The van der Waals surface area contributed by atoms with Crippen molar-refractivity contribution in [2.24, 2.45) is 0 Å². The molecule has 0 bridgehead atoms. The molecule has 4 heteroatoms. The zero-order valence-corrected chi connectivity index (χ0v) is 12.4. The molecule has 1 nitrogen and oxygen atoms in total. The fraction of sp³-hybridized carbons (Fsp3) is 0.0909. The van der Waals surface area contributed by atoms with Gasteiger partial charge in [-0.05, 0) is 68.9 Å². The topological polar surface area (TPSA) is 12.0 Å². The normalized spacial score (nSPS) is 10.3. The molecule has 0 saturated heterocycles. The molecule has 1 N–H and O–H groups in total. The SMILES string of the molecule is Brc1csc(CNc2ccc(I)cc2)c1. The number of anilines is 1. The molecular weight excluding hydrogens is 385 g/mol. The standard InChI is InChI=1S/C11H9BrINS/c12-8-5-11(15-7-8)6-14-10-3-1-9(13)2-4-10/h1-5,7,14H,6H2. The van der Waals surface area contributed by atoms with Crippen molar-refractivity contribution in [3.05, 3.63) is 48.6 Å². The summed E-state index contributed by atoms with van der Waals surface area (Å²) in [7, 11) is 0. The second kappa shape index (κ2) is 5.32. The Morgan fingerprint density at radius 2 is 2.00 bits per heavy atom. The van der Waals surface area contributed by atoms with Gasteiger partial charge in [0.15, 0.2) is 0 Å². The Morgan fingerprint density at radius 1 is 1.27 bits per heavy atom. The highest BCUT2D eigenvalue weighted by Gasteiger charge is 1.97. The lowest BCUT2D eigenvalue weighted by Crippen LogP contribution is -1.96. The maximum atomic E-state index is 3.45. The minimum absolute atomic E-state index is 0.886. The van der Waals surface area contributed by atoms with Crippen molar-refractivity contribution in [3.63, 3.8) is 0 Å². The Bertz CT molecular complexity index is 438. The number of hydrogen-bond acceptors (Lipinski definition) is 2. The fourth-order valence-electron chi connectivity index (χ4n) is 1.20. The van der Waals surface area contributed by atoms with Gasteiger partial charge in [0.1, 0.15) is 0 Å². The number of benzene rings is 1. The van der Waals surface area contributed by atoms with Gasteiger partial charge in [0.05, 0.1) is 0 Å². The third-order valence-corrected chi connectivity index (χ3v) is 4.35. The highest BCUT2D eigenvalue weighted by molar-refractivity contribution is 14.1. The van der Waals surface area contributed by atoms with Crippen LogP contribution in [0, 0.1) is 3.57 Å². The molecule has 15 heavy (non-hydrogen) atoms. The van der Waals surface area contributed by atoms with Crippen molar-refractivity contribution >= 4 is 55.5 Å². The second-order valence-corrected chi connectivity index (χ2v) is 6.25. The number of nitrogens with one attached hydrogen (secondary N) is 1. The van der Waals surface area contributed by atoms with Crippen molar-refractivity contribution in [3.8, 4) is 0 Å². The summed E-state index contributed by atoms with van der Waals surface area (Å²) in [5, 5.41) is 5.49. The maximum absolute atomic E-state index is 3.45. The van der Waals surface area contributed by atoms with Gasteiger partial charge in [-0.15, -0.1) is 11.3 Å². The van der Waals surface area contributed by atoms with Crippen LogP contribution < -0.4 is 5.32 Å². The largest absolute Gasteiger partial charge is 0.380 e. The van der Waals surface area contributed by atoms with Crippen molar-refractivity contribution in [2.45, 2.75) is 6.54 Å². The molecule has 1 heterocycles. The van der Waals surface area contributed by atoms with E-state index in [1.54, 1.807) is 11.3 Å². The summed E-state index contributed by atoms with van der Waals surface area (Å²) in [5.41, 5.74) is 1.17. The molecule has 0 aliphatic heterocycles. The number of rotatable bonds is 3. The van der Waals surface area contributed by atoms with E-state index in [0.29, 0.717) is 0 Å². The van der Waals surface area contributed by atoms with Gasteiger partial charge in [-0.3, -0.25) is 0 Å². The Labute approximate surface area is 115 Å². The van der Waals surface area contributed by atoms with E-state index in [1.165, 1.54) is 14.1 Å². The molecule has 0 saturated carbocycles. The summed E-state index contributed by atoms with van der Waals surface area (Å²) in [6, 6.07) is 10.6. The summed E-state index contributed by atoms with van der Waals surface area (Å²) >= 11 is 7.52. The van der Waals surface area contributed by atoms with E-state index in [4.69, 9.17) is 0 Å². The third-order valence-electron chi connectivity index (χ3n) is 1.93. The van der Waals surface area contributed by atoms with Crippen LogP contribution in [0.25, 0.3) is 0 Å². The van der Waals surface area contributed by atoms with E-state index in [9.17, 15) is 0 Å². The van der Waals surface area contributed by atoms with Crippen LogP contribution in [0.4, 0.5) is 5.69 Å². The molecule has 0 amide bonds. The first-order valence-electron chi connectivity index (χ1n) is 4.46. The summed E-state index contributed by atoms with van der Waals surface area (Å²) in [5.74, 6) is 0. The second-order valence-electron chi connectivity index (χ2n) is 3.09. The first kappa shape index (κ1) is 11.4. The first-order chi connectivity index (χ1) is 7.24. The number of hydrogen-bond donors (Lipinski definition) is 1. The molecule has 0 fully saturated rings. The van der Waals surface area contributed by atoms with E-state index in [2.05, 4.69) is 79.5 Å². The lowest BCUT2D eigenvalue weighted by Gasteiger charge is -2.04. The molecule has 0 unspecified atom stereocenters. The van der Waals surface area contributed by atoms with Gasteiger partial charge in [-0.25, -0.2) is 0 Å². The monoisotopic (exact) mass is 393 g/mol. The zero-order chi connectivity index (χ0) is 10.7. The van der Waals surface area contributed by atoms with Crippen LogP contribution in [-0.2, 0) is 6.54 Å². The minimum Gasteiger partial charge on any atom is -0.380 e. The Hall–Kier alpha value is -0.0700. The summed E-state index contributed by atoms with van der Waals surface area (Å²) in [4.78, 5) is 1.33. The molecule has 2 rings (SSSR count). The molecule has 0 atom stereocenters. The predicted octanol–water partition coefficient (Wildman–Crippen LogP) is 4.73.